The maximum atomic E-state index is 12.4. The van der Waals surface area contributed by atoms with Crippen molar-refractivity contribution >= 4 is 5.91 Å². The molecule has 1 amide bonds. The van der Waals surface area contributed by atoms with Crippen molar-refractivity contribution in [1.82, 2.24) is 19.9 Å². The largest absolute Gasteiger partial charge is 0.505 e. The summed E-state index contributed by atoms with van der Waals surface area (Å²) in [5, 5.41) is 9.71. The topological polar surface area (TPSA) is 99.2 Å². The van der Waals surface area contributed by atoms with Gasteiger partial charge in [-0.05, 0) is 25.5 Å². The van der Waals surface area contributed by atoms with Gasteiger partial charge in [-0.15, -0.1) is 0 Å². The van der Waals surface area contributed by atoms with E-state index in [-0.39, 0.29) is 29.5 Å². The van der Waals surface area contributed by atoms with Crippen molar-refractivity contribution < 1.29 is 9.90 Å². The first-order valence-electron chi connectivity index (χ1n) is 6.58. The fraction of sp³-hybridized carbons (Fsp3) is 0.286. The Labute approximate surface area is 120 Å². The molecule has 0 bridgehead atoms. The van der Waals surface area contributed by atoms with Gasteiger partial charge < -0.3 is 15.0 Å². The van der Waals surface area contributed by atoms with Crippen LogP contribution in [0.3, 0.4) is 0 Å². The van der Waals surface area contributed by atoms with Crippen LogP contribution >= 0.6 is 0 Å². The highest BCUT2D eigenvalue weighted by molar-refractivity contribution is 5.94. The molecule has 2 aromatic heterocycles. The number of pyridine rings is 1. The van der Waals surface area contributed by atoms with Crippen molar-refractivity contribution in [2.75, 3.05) is 6.54 Å². The van der Waals surface area contributed by atoms with Gasteiger partial charge in [0.1, 0.15) is 11.6 Å². The van der Waals surface area contributed by atoms with E-state index >= 15 is 0 Å². The number of rotatable bonds is 1. The van der Waals surface area contributed by atoms with Crippen molar-refractivity contribution in [3.63, 3.8) is 0 Å². The molecule has 0 unspecified atom stereocenters. The minimum Gasteiger partial charge on any atom is -0.505 e. The van der Waals surface area contributed by atoms with Gasteiger partial charge in [0.25, 0.3) is 11.5 Å². The molecular formula is C14H14N4O3. The standard InChI is InChI=1S/C14H14N4O3/c1-8-16-10-7-18(6-4-9(10)13(20)17-8)14(21)12-11(19)3-2-5-15-12/h2-3,5,19H,4,6-7H2,1H3,(H,16,17,20). The van der Waals surface area contributed by atoms with Crippen LogP contribution in [0.5, 0.6) is 5.75 Å². The zero-order valence-electron chi connectivity index (χ0n) is 11.5. The number of amides is 1. The summed E-state index contributed by atoms with van der Waals surface area (Å²) in [4.78, 5) is 36.6. The number of aromatic nitrogens is 3. The molecule has 0 saturated heterocycles. The normalized spacial score (nSPS) is 13.9. The second-order valence-electron chi connectivity index (χ2n) is 4.92. The molecule has 1 aliphatic rings. The van der Waals surface area contributed by atoms with Gasteiger partial charge in [0.15, 0.2) is 5.69 Å². The van der Waals surface area contributed by atoms with Gasteiger partial charge in [-0.3, -0.25) is 9.59 Å². The molecule has 0 fully saturated rings. The number of hydrogen-bond acceptors (Lipinski definition) is 5. The lowest BCUT2D eigenvalue weighted by atomic mass is 10.1. The van der Waals surface area contributed by atoms with Crippen molar-refractivity contribution in [1.29, 1.82) is 0 Å². The smallest absolute Gasteiger partial charge is 0.276 e. The van der Waals surface area contributed by atoms with Gasteiger partial charge >= 0.3 is 0 Å². The SMILES string of the molecule is Cc1nc2c(c(=O)[nH]1)CCN(C(=O)c1ncccc1O)C2. The predicted octanol–water partition coefficient (Wildman–Crippen LogP) is 0.377. The monoisotopic (exact) mass is 286 g/mol. The highest BCUT2D eigenvalue weighted by Crippen LogP contribution is 2.19. The number of aromatic hydroxyl groups is 1. The average molecular weight is 286 g/mol. The molecule has 0 saturated carbocycles. The molecule has 2 N–H and O–H groups in total. The van der Waals surface area contributed by atoms with Crippen molar-refractivity contribution in [3.8, 4) is 5.75 Å². The Kier molecular flexibility index (Phi) is 3.17. The summed E-state index contributed by atoms with van der Waals surface area (Å²) in [5.74, 6) is 0.00978. The molecule has 0 aliphatic carbocycles. The maximum Gasteiger partial charge on any atom is 0.276 e. The van der Waals surface area contributed by atoms with E-state index < -0.39 is 0 Å². The molecule has 0 spiro atoms. The van der Waals surface area contributed by atoms with E-state index in [2.05, 4.69) is 15.0 Å². The Bertz CT molecular complexity index is 769. The summed E-state index contributed by atoms with van der Waals surface area (Å²) in [6.45, 7) is 2.34. The van der Waals surface area contributed by atoms with E-state index in [1.165, 1.54) is 17.2 Å². The van der Waals surface area contributed by atoms with Gasteiger partial charge in [-0.1, -0.05) is 0 Å². The van der Waals surface area contributed by atoms with Gasteiger partial charge in [0.2, 0.25) is 0 Å². The van der Waals surface area contributed by atoms with E-state index in [9.17, 15) is 14.7 Å². The number of aromatic amines is 1. The lowest BCUT2D eigenvalue weighted by molar-refractivity contribution is 0.0721. The van der Waals surface area contributed by atoms with E-state index in [1.807, 2.05) is 0 Å². The first-order chi connectivity index (χ1) is 10.1. The third-order valence-electron chi connectivity index (χ3n) is 3.47. The highest BCUT2D eigenvalue weighted by atomic mass is 16.3. The van der Waals surface area contributed by atoms with E-state index in [0.29, 0.717) is 30.0 Å². The summed E-state index contributed by atoms with van der Waals surface area (Å²) in [5.41, 5.74) is 1.09. The number of aryl methyl sites for hydroxylation is 1. The van der Waals surface area contributed by atoms with Gasteiger partial charge in [0.05, 0.1) is 12.2 Å². The molecule has 21 heavy (non-hydrogen) atoms. The number of fused-ring (bicyclic) bond motifs is 1. The van der Waals surface area contributed by atoms with Crippen LogP contribution in [0.25, 0.3) is 0 Å². The van der Waals surface area contributed by atoms with Crippen LogP contribution in [0, 0.1) is 6.92 Å². The molecule has 3 rings (SSSR count). The minimum absolute atomic E-state index is 0.0162. The summed E-state index contributed by atoms with van der Waals surface area (Å²) in [7, 11) is 0. The van der Waals surface area contributed by atoms with Gasteiger partial charge in [-0.25, -0.2) is 9.97 Å². The number of carbonyl (C=O) groups is 1. The third-order valence-corrected chi connectivity index (χ3v) is 3.47. The summed E-state index contributed by atoms with van der Waals surface area (Å²) in [6.07, 6.45) is 1.90. The van der Waals surface area contributed by atoms with Crippen LogP contribution in [-0.4, -0.2) is 37.4 Å². The third kappa shape index (κ3) is 2.37. The van der Waals surface area contributed by atoms with Crippen LogP contribution in [0.4, 0.5) is 0 Å². The number of nitrogens with one attached hydrogen (secondary N) is 1. The first kappa shape index (κ1) is 13.3. The Balaban J connectivity index is 1.92. The fourth-order valence-corrected chi connectivity index (χ4v) is 2.45. The highest BCUT2D eigenvalue weighted by Gasteiger charge is 2.26. The Morgan fingerprint density at radius 3 is 3.05 bits per heavy atom. The Hall–Kier alpha value is -2.70. The number of nitrogens with zero attached hydrogens (tertiary/aromatic N) is 3. The van der Waals surface area contributed by atoms with Crippen LogP contribution in [0.15, 0.2) is 23.1 Å². The lowest BCUT2D eigenvalue weighted by Gasteiger charge is -2.27. The number of H-pyrrole nitrogens is 1. The van der Waals surface area contributed by atoms with Crippen LogP contribution in [-0.2, 0) is 13.0 Å². The number of carbonyl (C=O) groups excluding carboxylic acids is 1. The fourth-order valence-electron chi connectivity index (χ4n) is 2.45. The summed E-state index contributed by atoms with van der Waals surface area (Å²) in [6, 6.07) is 2.98. The molecule has 1 aliphatic heterocycles. The van der Waals surface area contributed by atoms with Crippen molar-refractivity contribution in [3.05, 3.63) is 51.5 Å². The molecule has 0 aromatic carbocycles. The summed E-state index contributed by atoms with van der Waals surface area (Å²) < 4.78 is 0. The molecular weight excluding hydrogens is 272 g/mol. The van der Waals surface area contributed by atoms with Crippen molar-refractivity contribution in [2.45, 2.75) is 19.9 Å². The van der Waals surface area contributed by atoms with Gasteiger partial charge in [0, 0.05) is 18.3 Å². The van der Waals surface area contributed by atoms with Gasteiger partial charge in [-0.2, -0.15) is 0 Å². The Morgan fingerprint density at radius 2 is 2.29 bits per heavy atom. The van der Waals surface area contributed by atoms with E-state index in [4.69, 9.17) is 0 Å². The van der Waals surface area contributed by atoms with E-state index in [0.717, 1.165) is 0 Å². The average Bonchev–Trinajstić information content (AvgIpc) is 2.46. The molecule has 7 heteroatoms. The second-order valence-corrected chi connectivity index (χ2v) is 4.92. The van der Waals surface area contributed by atoms with Crippen molar-refractivity contribution in [2.24, 2.45) is 0 Å². The second kappa shape index (κ2) is 5.01. The zero-order chi connectivity index (χ0) is 15.0. The molecule has 0 atom stereocenters. The molecule has 7 nitrogen and oxygen atoms in total. The zero-order valence-corrected chi connectivity index (χ0v) is 11.5. The maximum absolute atomic E-state index is 12.4. The summed E-state index contributed by atoms with van der Waals surface area (Å²) >= 11 is 0. The first-order valence-corrected chi connectivity index (χ1v) is 6.58. The van der Waals surface area contributed by atoms with E-state index in [1.54, 1.807) is 13.0 Å². The lowest BCUT2D eigenvalue weighted by Crippen LogP contribution is -2.39. The number of hydrogen-bond donors (Lipinski definition) is 2. The molecule has 0 radical (unpaired) electrons. The molecule has 108 valence electrons. The van der Waals surface area contributed by atoms with Crippen LogP contribution < -0.4 is 5.56 Å². The molecule has 3 heterocycles. The quantitative estimate of drug-likeness (QED) is 0.789. The Morgan fingerprint density at radius 1 is 1.48 bits per heavy atom. The molecule has 2 aromatic rings. The minimum atomic E-state index is -0.363. The predicted molar refractivity (Wildman–Crippen MR) is 73.9 cm³/mol. The van der Waals surface area contributed by atoms with Crippen LogP contribution in [0.1, 0.15) is 27.6 Å². The van der Waals surface area contributed by atoms with Crippen LogP contribution in [0.2, 0.25) is 0 Å².